The zero-order valence-corrected chi connectivity index (χ0v) is 22.3. The highest BCUT2D eigenvalue weighted by Gasteiger charge is 2.38. The summed E-state index contributed by atoms with van der Waals surface area (Å²) >= 11 is 0. The molecule has 4 heterocycles. The summed E-state index contributed by atoms with van der Waals surface area (Å²) in [5.74, 6) is 0.297. The van der Waals surface area contributed by atoms with Crippen molar-refractivity contribution in [3.63, 3.8) is 0 Å². The molecule has 0 saturated carbocycles. The second-order valence-electron chi connectivity index (χ2n) is 9.94. The normalized spacial score (nSPS) is 15.9. The van der Waals surface area contributed by atoms with Crippen LogP contribution < -0.4 is 10.5 Å². The van der Waals surface area contributed by atoms with Crippen LogP contribution in [0.5, 0.6) is 0 Å². The molecule has 1 unspecified atom stereocenters. The molecule has 0 aliphatic carbocycles. The summed E-state index contributed by atoms with van der Waals surface area (Å²) in [6.45, 7) is 10.5. The maximum Gasteiger partial charge on any atom is 0.270 e. The van der Waals surface area contributed by atoms with Crippen LogP contribution in [0.4, 0.5) is 20.3 Å². The van der Waals surface area contributed by atoms with E-state index in [0.717, 1.165) is 11.1 Å². The van der Waals surface area contributed by atoms with E-state index in [1.807, 2.05) is 4.90 Å². The summed E-state index contributed by atoms with van der Waals surface area (Å²) in [4.78, 5) is 25.2. The Kier molecular flexibility index (Phi) is 6.77. The van der Waals surface area contributed by atoms with Crippen molar-refractivity contribution in [3.8, 4) is 0 Å². The molecule has 206 valence electrons. The Morgan fingerprint density at radius 1 is 0.976 bits per heavy atom. The Balaban J connectivity index is 1.47. The number of hydrogen-bond acceptors (Lipinski definition) is 7. The van der Waals surface area contributed by atoms with Gasteiger partial charge in [-0.2, -0.15) is 0 Å². The summed E-state index contributed by atoms with van der Waals surface area (Å²) < 4.78 is 35.3. The number of aryl methyl sites for hydroxylation is 2. The first-order valence-electron chi connectivity index (χ1n) is 13.0. The van der Waals surface area contributed by atoms with E-state index < -0.39 is 6.04 Å². The minimum atomic E-state index is -0.451. The molecule has 1 atom stereocenters. The van der Waals surface area contributed by atoms with Crippen molar-refractivity contribution in [1.82, 2.24) is 24.6 Å². The topological polar surface area (TPSA) is 84.7 Å². The summed E-state index contributed by atoms with van der Waals surface area (Å²) in [5, 5.41) is 8.40. The molecule has 3 aromatic heterocycles. The quantitative estimate of drug-likeness (QED) is 0.280. The van der Waals surface area contributed by atoms with Crippen LogP contribution >= 0.6 is 0 Å². The molecule has 5 aromatic rings. The van der Waals surface area contributed by atoms with E-state index in [4.69, 9.17) is 11.0 Å². The molecule has 9 nitrogen and oxygen atoms in total. The number of pyridine rings is 2. The lowest BCUT2D eigenvalue weighted by atomic mass is 9.94. The predicted octanol–water partition coefficient (Wildman–Crippen LogP) is 5.11. The van der Waals surface area contributed by atoms with E-state index in [1.54, 1.807) is 50.4 Å². The lowest BCUT2D eigenvalue weighted by molar-refractivity contribution is 0.117. The smallest absolute Gasteiger partial charge is 0.270 e. The molecule has 41 heavy (non-hydrogen) atoms. The van der Waals surface area contributed by atoms with Gasteiger partial charge in [0.05, 0.1) is 17.2 Å². The Labute approximate surface area is 234 Å². The Morgan fingerprint density at radius 2 is 1.63 bits per heavy atom. The van der Waals surface area contributed by atoms with Crippen molar-refractivity contribution in [2.24, 2.45) is 7.05 Å². The zero-order chi connectivity index (χ0) is 28.7. The number of nitrogens with zero attached hydrogens (tertiary/aromatic N) is 7. The van der Waals surface area contributed by atoms with Gasteiger partial charge in [0, 0.05) is 39.7 Å². The van der Waals surface area contributed by atoms with E-state index in [9.17, 15) is 13.6 Å². The number of hydrogen-bond donors (Lipinski definition) is 0. The van der Waals surface area contributed by atoms with Gasteiger partial charge in [0.15, 0.2) is 0 Å². The maximum atomic E-state index is 13.9. The van der Waals surface area contributed by atoms with E-state index in [1.165, 1.54) is 34.9 Å². The minimum absolute atomic E-state index is 0.201. The Hall–Kier alpha value is -4.95. The zero-order valence-electron chi connectivity index (χ0n) is 22.3. The van der Waals surface area contributed by atoms with Gasteiger partial charge in [0.1, 0.15) is 17.7 Å². The second kappa shape index (κ2) is 10.6. The molecule has 1 fully saturated rings. The molecule has 0 spiro atoms. The second-order valence-corrected chi connectivity index (χ2v) is 9.94. The largest absolute Gasteiger partial charge is 0.424 e. The fourth-order valence-electron chi connectivity index (χ4n) is 5.46. The summed E-state index contributed by atoms with van der Waals surface area (Å²) in [7, 11) is 1.67. The van der Waals surface area contributed by atoms with E-state index in [0.29, 0.717) is 48.1 Å². The monoisotopic (exact) mass is 553 g/mol. The average molecular weight is 554 g/mol. The maximum absolute atomic E-state index is 13.9. The van der Waals surface area contributed by atoms with Crippen LogP contribution in [0.2, 0.25) is 0 Å². The molecular formula is C30H25F2N7O2. The van der Waals surface area contributed by atoms with Crippen molar-refractivity contribution in [2.75, 3.05) is 24.5 Å². The van der Waals surface area contributed by atoms with Gasteiger partial charge in [0.25, 0.3) is 11.4 Å². The molecule has 0 bridgehead atoms. The summed E-state index contributed by atoms with van der Waals surface area (Å²) in [5.41, 5.74) is 3.19. The number of fused-ring (bicyclic) bond motifs is 1. The van der Waals surface area contributed by atoms with Crippen LogP contribution in [0, 0.1) is 25.1 Å². The van der Waals surface area contributed by atoms with Crippen LogP contribution in [-0.2, 0) is 7.05 Å². The van der Waals surface area contributed by atoms with E-state index in [-0.39, 0.29) is 29.1 Å². The molecule has 1 aliphatic heterocycles. The van der Waals surface area contributed by atoms with E-state index in [2.05, 4.69) is 24.9 Å². The van der Waals surface area contributed by atoms with Gasteiger partial charge in [-0.3, -0.25) is 9.69 Å². The number of anilines is 1. The molecule has 0 N–H and O–H groups in total. The predicted molar refractivity (Wildman–Crippen MR) is 149 cm³/mol. The highest BCUT2D eigenvalue weighted by molar-refractivity contribution is 5.89. The molecule has 0 amide bonds. The summed E-state index contributed by atoms with van der Waals surface area (Å²) in [6.07, 6.45) is 0. The molecule has 0 radical (unpaired) electrons. The first kappa shape index (κ1) is 26.3. The third-order valence-corrected chi connectivity index (χ3v) is 7.46. The fourth-order valence-corrected chi connectivity index (χ4v) is 5.46. The van der Waals surface area contributed by atoms with Gasteiger partial charge in [-0.05, 0) is 47.5 Å². The average Bonchev–Trinajstić information content (AvgIpc) is 3.43. The lowest BCUT2D eigenvalue weighted by Gasteiger charge is -2.44. The van der Waals surface area contributed by atoms with Gasteiger partial charge in [-0.25, -0.2) is 8.78 Å². The first-order valence-corrected chi connectivity index (χ1v) is 13.0. The van der Waals surface area contributed by atoms with Crippen LogP contribution in [0.15, 0.2) is 75.9 Å². The van der Waals surface area contributed by atoms with Crippen LogP contribution in [0.3, 0.4) is 0 Å². The number of halogens is 2. The van der Waals surface area contributed by atoms with Gasteiger partial charge >= 0.3 is 0 Å². The first-order chi connectivity index (χ1) is 19.8. The lowest BCUT2D eigenvalue weighted by Crippen LogP contribution is -2.50. The van der Waals surface area contributed by atoms with Crippen LogP contribution in [0.25, 0.3) is 15.9 Å². The third kappa shape index (κ3) is 4.94. The molecular weight excluding hydrogens is 528 g/mol. The molecule has 6 rings (SSSR count). The fraction of sp³-hybridized carbons (Fsp3) is 0.233. The van der Waals surface area contributed by atoms with Crippen molar-refractivity contribution < 1.29 is 13.2 Å². The van der Waals surface area contributed by atoms with Crippen molar-refractivity contribution in [3.05, 3.63) is 123 Å². The number of aromatic nitrogens is 4. The number of piperazine rings is 1. The highest BCUT2D eigenvalue weighted by Crippen LogP contribution is 2.39. The van der Waals surface area contributed by atoms with Crippen LogP contribution in [-0.4, -0.2) is 44.3 Å². The highest BCUT2D eigenvalue weighted by atomic mass is 19.1. The minimum Gasteiger partial charge on any atom is -0.424 e. The molecule has 1 saturated heterocycles. The van der Waals surface area contributed by atoms with Crippen molar-refractivity contribution >= 4 is 22.5 Å². The Bertz CT molecular complexity index is 1780. The molecule has 2 aromatic carbocycles. The SMILES string of the molecule is [C-]#[N+]c1ccc2c(n1)c(N1CCN(C(c3ccc(F)cc3)c3ccc(F)cc3)C(c3nnc(C)o3)C1)cc(=O)n2C. The number of benzene rings is 2. The number of rotatable bonds is 5. The standard InChI is InChI=1S/C30H25F2N7O2/c1-18-35-36-30(41-18)25-17-38(24-16-27(40)37(3)23-12-13-26(33-2)34-28(23)24)14-15-39(25)29(19-4-8-21(31)9-5-19)20-6-10-22(32)11-7-20/h4-13,16,25,29H,14-15,17H2,1,3H3. The molecule has 1 aliphatic rings. The van der Waals surface area contributed by atoms with Crippen LogP contribution in [0.1, 0.15) is 35.0 Å². The Morgan fingerprint density at radius 3 is 2.22 bits per heavy atom. The molecule has 11 heteroatoms. The summed E-state index contributed by atoms with van der Waals surface area (Å²) in [6, 6.07) is 16.5. The van der Waals surface area contributed by atoms with Gasteiger partial charge in [-0.15, -0.1) is 15.2 Å². The van der Waals surface area contributed by atoms with Crippen molar-refractivity contribution in [1.29, 1.82) is 0 Å². The third-order valence-electron chi connectivity index (χ3n) is 7.46. The van der Waals surface area contributed by atoms with Gasteiger partial charge < -0.3 is 18.7 Å². The van der Waals surface area contributed by atoms with Gasteiger partial charge in [0.2, 0.25) is 17.3 Å². The van der Waals surface area contributed by atoms with E-state index >= 15 is 0 Å². The van der Waals surface area contributed by atoms with Gasteiger partial charge in [-0.1, -0.05) is 30.8 Å². The van der Waals surface area contributed by atoms with Crippen molar-refractivity contribution in [2.45, 2.75) is 19.0 Å².